The number of rotatable bonds is 7. The fourth-order valence-electron chi connectivity index (χ4n) is 2.72. The number of amides is 1. The Bertz CT molecular complexity index is 1430. The average Bonchev–Trinajstić information content (AvgIpc) is 2.75. The molecule has 0 fully saturated rings. The zero-order valence-corrected chi connectivity index (χ0v) is 18.5. The van der Waals surface area contributed by atoms with Crippen LogP contribution in [0.2, 0.25) is 0 Å². The van der Waals surface area contributed by atoms with Gasteiger partial charge in [0.1, 0.15) is 5.75 Å². The molecule has 0 atom stereocenters. The van der Waals surface area contributed by atoms with Crippen molar-refractivity contribution in [3.8, 4) is 5.75 Å². The molecule has 0 radical (unpaired) electrons. The highest BCUT2D eigenvalue weighted by Gasteiger charge is 2.19. The van der Waals surface area contributed by atoms with E-state index in [-0.39, 0.29) is 27.6 Å². The van der Waals surface area contributed by atoms with Gasteiger partial charge in [0.2, 0.25) is 10.0 Å². The number of nitrogens with one attached hydrogen (secondary N) is 2. The summed E-state index contributed by atoms with van der Waals surface area (Å²) in [7, 11) is -6.94. The van der Waals surface area contributed by atoms with Gasteiger partial charge in [0, 0.05) is 11.4 Å². The molecule has 0 bridgehead atoms. The first-order valence-corrected chi connectivity index (χ1v) is 12.0. The van der Waals surface area contributed by atoms with E-state index < -0.39 is 42.5 Å². The first-order valence-electron chi connectivity index (χ1n) is 9.01. The van der Waals surface area contributed by atoms with Crippen molar-refractivity contribution in [2.45, 2.75) is 9.79 Å². The number of nitrogens with two attached hydrogens (primary N) is 1. The van der Waals surface area contributed by atoms with E-state index in [0.29, 0.717) is 12.1 Å². The van der Waals surface area contributed by atoms with Gasteiger partial charge in [-0.15, -0.1) is 0 Å². The number of carbonyl (C=O) groups excluding carboxylic acids is 1. The van der Waals surface area contributed by atoms with Crippen LogP contribution in [0.25, 0.3) is 0 Å². The lowest BCUT2D eigenvalue weighted by Gasteiger charge is -2.12. The molecule has 0 aliphatic rings. The summed E-state index contributed by atoms with van der Waals surface area (Å²) in [6.07, 6.45) is 0. The highest BCUT2D eigenvalue weighted by molar-refractivity contribution is 7.92. The molecule has 0 aliphatic heterocycles. The number of carbonyl (C=O) groups is 1. The average molecular weight is 498 g/mol. The molecule has 0 heterocycles. The van der Waals surface area contributed by atoms with E-state index in [4.69, 9.17) is 9.88 Å². The number of ether oxygens (including phenoxy) is 1. The molecular weight excluding hydrogens is 480 g/mol. The van der Waals surface area contributed by atoms with Gasteiger partial charge < -0.3 is 10.1 Å². The van der Waals surface area contributed by atoms with Crippen molar-refractivity contribution < 1.29 is 35.1 Å². The predicted octanol–water partition coefficient (Wildman–Crippen LogP) is 2.67. The SMILES string of the molecule is COc1ccc(S(N)(=O)=O)cc1C(=O)Nc1ccc(NS(=O)(=O)c2ccc(F)c(F)c2)cc1. The van der Waals surface area contributed by atoms with E-state index in [9.17, 15) is 30.4 Å². The van der Waals surface area contributed by atoms with Crippen LogP contribution in [0, 0.1) is 11.6 Å². The summed E-state index contributed by atoms with van der Waals surface area (Å²) in [6.45, 7) is 0. The number of sulfonamides is 2. The molecule has 1 amide bonds. The van der Waals surface area contributed by atoms with Crippen LogP contribution in [0.4, 0.5) is 20.2 Å². The van der Waals surface area contributed by atoms with E-state index in [2.05, 4.69) is 10.0 Å². The number of primary sulfonamides is 1. The van der Waals surface area contributed by atoms with Gasteiger partial charge in [0.25, 0.3) is 15.9 Å². The maximum absolute atomic E-state index is 13.4. The Kier molecular flexibility index (Phi) is 6.67. The second-order valence-corrected chi connectivity index (χ2v) is 9.86. The van der Waals surface area contributed by atoms with Gasteiger partial charge in [0.05, 0.1) is 22.5 Å². The predicted molar refractivity (Wildman–Crippen MR) is 116 cm³/mol. The van der Waals surface area contributed by atoms with Crippen molar-refractivity contribution in [3.63, 3.8) is 0 Å². The Morgan fingerprint density at radius 2 is 1.45 bits per heavy atom. The van der Waals surface area contributed by atoms with Crippen molar-refractivity contribution >= 4 is 37.3 Å². The van der Waals surface area contributed by atoms with Crippen molar-refractivity contribution in [1.82, 2.24) is 0 Å². The third-order valence-electron chi connectivity index (χ3n) is 4.34. The first kappa shape index (κ1) is 24.1. The number of anilines is 2. The largest absolute Gasteiger partial charge is 0.496 e. The van der Waals surface area contributed by atoms with Crippen LogP contribution in [-0.2, 0) is 20.0 Å². The third-order valence-corrected chi connectivity index (χ3v) is 6.63. The number of halogens is 2. The second kappa shape index (κ2) is 9.13. The molecule has 0 saturated carbocycles. The molecule has 174 valence electrons. The first-order chi connectivity index (χ1) is 15.4. The Hall–Kier alpha value is -3.55. The maximum Gasteiger partial charge on any atom is 0.261 e. The number of hydrogen-bond donors (Lipinski definition) is 3. The lowest BCUT2D eigenvalue weighted by Crippen LogP contribution is -2.17. The molecule has 3 rings (SSSR count). The van der Waals surface area contributed by atoms with Gasteiger partial charge in [-0.2, -0.15) is 0 Å². The standard InChI is InChI=1S/C20H17F2N3O6S2/c1-31-19-9-7-14(32(23,27)28)10-16(19)20(26)24-12-2-4-13(5-3-12)25-33(29,30)15-6-8-17(21)18(22)11-15/h2-11,25H,1H3,(H,24,26)(H2,23,27,28). The highest BCUT2D eigenvalue weighted by Crippen LogP contribution is 2.24. The second-order valence-electron chi connectivity index (χ2n) is 6.62. The van der Waals surface area contributed by atoms with Crippen LogP contribution >= 0.6 is 0 Å². The van der Waals surface area contributed by atoms with Crippen LogP contribution in [0.1, 0.15) is 10.4 Å². The molecule has 0 aliphatic carbocycles. The summed E-state index contributed by atoms with van der Waals surface area (Å²) in [5.41, 5.74) is 0.248. The number of methoxy groups -OCH3 is 1. The summed E-state index contributed by atoms with van der Waals surface area (Å²) >= 11 is 0. The lowest BCUT2D eigenvalue weighted by molar-refractivity contribution is 0.102. The molecule has 0 saturated heterocycles. The molecule has 0 spiro atoms. The van der Waals surface area contributed by atoms with Gasteiger partial charge in [-0.05, 0) is 60.7 Å². The van der Waals surface area contributed by atoms with Crippen LogP contribution in [0.5, 0.6) is 5.75 Å². The van der Waals surface area contributed by atoms with E-state index in [1.807, 2.05) is 0 Å². The van der Waals surface area contributed by atoms with E-state index >= 15 is 0 Å². The van der Waals surface area contributed by atoms with Crippen molar-refractivity contribution in [3.05, 3.63) is 77.9 Å². The van der Waals surface area contributed by atoms with E-state index in [0.717, 1.165) is 12.1 Å². The molecule has 33 heavy (non-hydrogen) atoms. The van der Waals surface area contributed by atoms with Crippen molar-refractivity contribution in [2.24, 2.45) is 5.14 Å². The van der Waals surface area contributed by atoms with Crippen molar-refractivity contribution in [2.75, 3.05) is 17.1 Å². The van der Waals surface area contributed by atoms with Gasteiger partial charge in [-0.25, -0.2) is 30.8 Å². The summed E-state index contributed by atoms with van der Waals surface area (Å²) in [5, 5.41) is 7.62. The smallest absolute Gasteiger partial charge is 0.261 e. The molecule has 0 unspecified atom stereocenters. The number of hydrogen-bond acceptors (Lipinski definition) is 6. The van der Waals surface area contributed by atoms with E-state index in [1.54, 1.807) is 0 Å². The lowest BCUT2D eigenvalue weighted by atomic mass is 10.1. The molecular formula is C20H17F2N3O6S2. The monoisotopic (exact) mass is 497 g/mol. The number of benzene rings is 3. The minimum atomic E-state index is -4.19. The Balaban J connectivity index is 1.78. The fraction of sp³-hybridized carbons (Fsp3) is 0.0500. The van der Waals surface area contributed by atoms with Gasteiger partial charge in [0.15, 0.2) is 11.6 Å². The highest BCUT2D eigenvalue weighted by atomic mass is 32.2. The third kappa shape index (κ3) is 5.63. The normalized spacial score (nSPS) is 11.6. The summed E-state index contributed by atoms with van der Waals surface area (Å²) in [5.74, 6) is -3.08. The molecule has 9 nitrogen and oxygen atoms in total. The zero-order valence-electron chi connectivity index (χ0n) is 16.9. The Morgan fingerprint density at radius 3 is 2.03 bits per heavy atom. The zero-order chi connectivity index (χ0) is 24.4. The fourth-order valence-corrected chi connectivity index (χ4v) is 4.33. The maximum atomic E-state index is 13.4. The Morgan fingerprint density at radius 1 is 0.848 bits per heavy atom. The quantitative estimate of drug-likeness (QED) is 0.458. The topological polar surface area (TPSA) is 145 Å². The molecule has 13 heteroatoms. The minimum absolute atomic E-state index is 0.0894. The van der Waals surface area contributed by atoms with Crippen LogP contribution in [-0.4, -0.2) is 29.9 Å². The van der Waals surface area contributed by atoms with Gasteiger partial charge in [-0.3, -0.25) is 9.52 Å². The van der Waals surface area contributed by atoms with E-state index in [1.165, 1.54) is 43.5 Å². The molecule has 4 N–H and O–H groups in total. The van der Waals surface area contributed by atoms with Crippen LogP contribution in [0.15, 0.2) is 70.5 Å². The molecule has 3 aromatic rings. The van der Waals surface area contributed by atoms with Gasteiger partial charge >= 0.3 is 0 Å². The molecule has 3 aromatic carbocycles. The van der Waals surface area contributed by atoms with Crippen molar-refractivity contribution in [1.29, 1.82) is 0 Å². The summed E-state index contributed by atoms with van der Waals surface area (Å²) in [6, 6.07) is 11.1. The van der Waals surface area contributed by atoms with Gasteiger partial charge in [-0.1, -0.05) is 0 Å². The minimum Gasteiger partial charge on any atom is -0.496 e. The summed E-state index contributed by atoms with van der Waals surface area (Å²) in [4.78, 5) is 11.9. The Labute approximate surface area is 188 Å². The van der Waals surface area contributed by atoms with Crippen LogP contribution < -0.4 is 19.9 Å². The summed E-state index contributed by atoms with van der Waals surface area (Å²) < 4.78 is 81.5. The molecule has 0 aromatic heterocycles. The van der Waals surface area contributed by atoms with Crippen LogP contribution in [0.3, 0.4) is 0 Å².